The van der Waals surface area contributed by atoms with E-state index in [0.29, 0.717) is 0 Å². The van der Waals surface area contributed by atoms with Crippen molar-refractivity contribution in [3.05, 3.63) is 16.1 Å². The van der Waals surface area contributed by atoms with Gasteiger partial charge in [-0.2, -0.15) is 0 Å². The summed E-state index contributed by atoms with van der Waals surface area (Å²) in [6, 6.07) is 0. The minimum Gasteiger partial charge on any atom is -0.249 e. The van der Waals surface area contributed by atoms with Gasteiger partial charge in [0.1, 0.15) is 0 Å². The lowest BCUT2D eigenvalue weighted by Gasteiger charge is -1.76. The quantitative estimate of drug-likeness (QED) is 0.550. The zero-order valence-electron chi connectivity index (χ0n) is 4.26. The maximum Gasteiger partial charge on any atom is 0.0798 e. The number of hydrogen-bond donors (Lipinski definition) is 0. The monoisotopic (exact) mass is 143 g/mol. The third kappa shape index (κ3) is 0.581. The van der Waals surface area contributed by atoms with Crippen molar-refractivity contribution in [3.8, 4) is 0 Å². The van der Waals surface area contributed by atoms with E-state index in [0.717, 1.165) is 5.75 Å². The molecule has 8 heavy (non-hydrogen) atoms. The minimum atomic E-state index is 1.14. The molecule has 0 radical (unpaired) electrons. The van der Waals surface area contributed by atoms with E-state index >= 15 is 0 Å². The Morgan fingerprint density at radius 1 is 1.50 bits per heavy atom. The highest BCUT2D eigenvalue weighted by molar-refractivity contribution is 7.98. The van der Waals surface area contributed by atoms with Gasteiger partial charge in [0.15, 0.2) is 0 Å². The highest BCUT2D eigenvalue weighted by Crippen LogP contribution is 2.30. The van der Waals surface area contributed by atoms with Crippen LogP contribution in [0, 0.1) is 0 Å². The van der Waals surface area contributed by atoms with E-state index in [4.69, 9.17) is 0 Å². The Balaban J connectivity index is 2.54. The number of hydrogen-bond acceptors (Lipinski definition) is 3. The van der Waals surface area contributed by atoms with E-state index in [1.54, 1.807) is 11.3 Å². The van der Waals surface area contributed by atoms with Crippen molar-refractivity contribution in [1.29, 1.82) is 0 Å². The first-order chi connectivity index (χ1) is 3.97. The van der Waals surface area contributed by atoms with Crippen LogP contribution in [0.3, 0.4) is 0 Å². The van der Waals surface area contributed by atoms with Crippen molar-refractivity contribution < 1.29 is 0 Å². The lowest BCUT2D eigenvalue weighted by molar-refractivity contribution is 1.23. The molecule has 0 fully saturated rings. The summed E-state index contributed by atoms with van der Waals surface area (Å²) in [5.74, 6) is 2.33. The second-order valence-corrected chi connectivity index (χ2v) is 3.64. The summed E-state index contributed by atoms with van der Waals surface area (Å²) in [5.41, 5.74) is 3.25. The van der Waals surface area contributed by atoms with Gasteiger partial charge in [-0.25, -0.2) is 4.98 Å². The Morgan fingerprint density at radius 2 is 2.50 bits per heavy atom. The predicted molar refractivity (Wildman–Crippen MR) is 37.1 cm³/mol. The summed E-state index contributed by atoms with van der Waals surface area (Å²) in [6.45, 7) is 0. The van der Waals surface area contributed by atoms with Crippen molar-refractivity contribution in [3.63, 3.8) is 0 Å². The van der Waals surface area contributed by atoms with Crippen LogP contribution in [0.2, 0.25) is 0 Å². The van der Waals surface area contributed by atoms with E-state index in [1.807, 2.05) is 17.3 Å². The molecular weight excluding hydrogens is 138 g/mol. The fraction of sp³-hybridized carbons (Fsp3) is 0.400. The van der Waals surface area contributed by atoms with Gasteiger partial charge in [0, 0.05) is 16.4 Å². The van der Waals surface area contributed by atoms with Gasteiger partial charge in [-0.3, -0.25) is 0 Å². The molecule has 0 spiro atoms. The van der Waals surface area contributed by atoms with Gasteiger partial charge in [-0.15, -0.1) is 23.1 Å². The largest absolute Gasteiger partial charge is 0.249 e. The van der Waals surface area contributed by atoms with Crippen LogP contribution in [0.5, 0.6) is 0 Å². The highest BCUT2D eigenvalue weighted by atomic mass is 32.2. The molecule has 1 nitrogen and oxygen atoms in total. The summed E-state index contributed by atoms with van der Waals surface area (Å²) in [7, 11) is 0. The van der Waals surface area contributed by atoms with Gasteiger partial charge in [0.05, 0.1) is 11.2 Å². The van der Waals surface area contributed by atoms with Crippen molar-refractivity contribution in [1.82, 2.24) is 4.98 Å². The summed E-state index contributed by atoms with van der Waals surface area (Å²) in [4.78, 5) is 5.68. The molecule has 0 aliphatic carbocycles. The van der Waals surface area contributed by atoms with Crippen molar-refractivity contribution in [2.45, 2.75) is 11.5 Å². The van der Waals surface area contributed by atoms with Gasteiger partial charge in [0.2, 0.25) is 0 Å². The molecule has 1 aliphatic heterocycles. The number of rotatable bonds is 0. The molecule has 0 saturated heterocycles. The summed E-state index contributed by atoms with van der Waals surface area (Å²) in [6.07, 6.45) is 0. The number of thioether (sulfide) groups is 1. The molecule has 42 valence electrons. The Bertz CT molecular complexity index is 176. The maximum atomic E-state index is 4.19. The van der Waals surface area contributed by atoms with Gasteiger partial charge >= 0.3 is 0 Å². The van der Waals surface area contributed by atoms with Crippen LogP contribution in [-0.2, 0) is 11.5 Å². The SMILES string of the molecule is c1nc2c(s1)CSC2. The smallest absolute Gasteiger partial charge is 0.0798 e. The molecule has 0 amide bonds. The molecule has 2 rings (SSSR count). The molecular formula is C5H5NS2. The zero-order valence-corrected chi connectivity index (χ0v) is 5.89. The molecule has 1 aromatic rings. The van der Waals surface area contributed by atoms with Gasteiger partial charge < -0.3 is 0 Å². The number of thiazole rings is 1. The molecule has 0 N–H and O–H groups in total. The van der Waals surface area contributed by atoms with Crippen molar-refractivity contribution >= 4 is 23.1 Å². The van der Waals surface area contributed by atoms with Crippen LogP contribution in [0.1, 0.15) is 10.6 Å². The molecule has 1 aromatic heterocycles. The number of fused-ring (bicyclic) bond motifs is 1. The Hall–Kier alpha value is -0.0200. The normalized spacial score (nSPS) is 16.5. The predicted octanol–water partition coefficient (Wildman–Crippen LogP) is 1.89. The first-order valence-electron chi connectivity index (χ1n) is 2.46. The first-order valence-corrected chi connectivity index (χ1v) is 4.49. The van der Waals surface area contributed by atoms with Gasteiger partial charge in [-0.05, 0) is 0 Å². The molecule has 2 heterocycles. The standard InChI is InChI=1S/C5H5NS2/c1-4-5(2-7-1)8-3-6-4/h3H,1-2H2. The van der Waals surface area contributed by atoms with E-state index in [9.17, 15) is 0 Å². The van der Waals surface area contributed by atoms with Crippen LogP contribution in [0.25, 0.3) is 0 Å². The molecule has 1 aliphatic rings. The van der Waals surface area contributed by atoms with E-state index in [1.165, 1.54) is 16.3 Å². The van der Waals surface area contributed by atoms with Crippen molar-refractivity contribution in [2.24, 2.45) is 0 Å². The van der Waals surface area contributed by atoms with Crippen LogP contribution in [0.4, 0.5) is 0 Å². The molecule has 0 saturated carbocycles. The average Bonchev–Trinajstić information content (AvgIpc) is 2.15. The summed E-state index contributed by atoms with van der Waals surface area (Å²) >= 11 is 3.74. The number of nitrogens with zero attached hydrogens (tertiary/aromatic N) is 1. The summed E-state index contributed by atoms with van der Waals surface area (Å²) in [5, 5.41) is 0. The second kappa shape index (κ2) is 1.74. The number of aromatic nitrogens is 1. The first kappa shape index (κ1) is 4.82. The minimum absolute atomic E-state index is 1.14. The third-order valence-corrected chi connectivity index (χ3v) is 3.23. The summed E-state index contributed by atoms with van der Waals surface area (Å²) < 4.78 is 0. The highest BCUT2D eigenvalue weighted by Gasteiger charge is 2.12. The van der Waals surface area contributed by atoms with E-state index in [-0.39, 0.29) is 0 Å². The lowest BCUT2D eigenvalue weighted by atomic mass is 10.4. The Labute approximate surface area is 56.1 Å². The van der Waals surface area contributed by atoms with Gasteiger partial charge in [-0.1, -0.05) is 0 Å². The fourth-order valence-electron chi connectivity index (χ4n) is 0.769. The van der Waals surface area contributed by atoms with Crippen molar-refractivity contribution in [2.75, 3.05) is 0 Å². The molecule has 3 heteroatoms. The van der Waals surface area contributed by atoms with E-state index < -0.39 is 0 Å². The van der Waals surface area contributed by atoms with Crippen LogP contribution >= 0.6 is 23.1 Å². The zero-order chi connectivity index (χ0) is 5.40. The lowest BCUT2D eigenvalue weighted by Crippen LogP contribution is -1.71. The molecule has 0 atom stereocenters. The molecule has 0 aromatic carbocycles. The van der Waals surface area contributed by atoms with E-state index in [2.05, 4.69) is 4.98 Å². The van der Waals surface area contributed by atoms with Crippen LogP contribution < -0.4 is 0 Å². The third-order valence-electron chi connectivity index (χ3n) is 1.20. The fourth-order valence-corrected chi connectivity index (χ4v) is 2.85. The average molecular weight is 143 g/mol. The van der Waals surface area contributed by atoms with Gasteiger partial charge in [0.25, 0.3) is 0 Å². The maximum absolute atomic E-state index is 4.19. The van der Waals surface area contributed by atoms with Crippen LogP contribution in [-0.4, -0.2) is 4.98 Å². The van der Waals surface area contributed by atoms with Crippen LogP contribution in [0.15, 0.2) is 5.51 Å². The molecule has 0 bridgehead atoms. The second-order valence-electron chi connectivity index (χ2n) is 1.72. The molecule has 0 unspecified atom stereocenters. The Kier molecular flexibility index (Phi) is 1.05. The topological polar surface area (TPSA) is 12.9 Å². The Morgan fingerprint density at radius 3 is 3.38 bits per heavy atom.